The number of pyridine rings is 1. The molecule has 13 rings (SSSR count). The number of para-hydroxylation sites is 1. The van der Waals surface area contributed by atoms with E-state index in [1.54, 1.807) is 6.20 Å². The van der Waals surface area contributed by atoms with Gasteiger partial charge in [0.25, 0.3) is 0 Å². The first kappa shape index (κ1) is 36.0. The highest BCUT2D eigenvalue weighted by molar-refractivity contribution is 6.22. The fraction of sp³-hybridized carbons (Fsp3) is 0. The summed E-state index contributed by atoms with van der Waals surface area (Å²) in [6.07, 6.45) is 1.79. The van der Waals surface area contributed by atoms with Gasteiger partial charge in [0.15, 0.2) is 23.1 Å². The van der Waals surface area contributed by atoms with Crippen LogP contribution in [-0.4, -0.2) is 24.5 Å². The molecule has 13 aromatic rings. The van der Waals surface area contributed by atoms with E-state index in [0.29, 0.717) is 28.6 Å². The number of hydrogen-bond donors (Lipinski definition) is 0. The number of hydrogen-bond acceptors (Lipinski definition) is 5. The first-order valence-corrected chi connectivity index (χ1v) is 21.4. The summed E-state index contributed by atoms with van der Waals surface area (Å²) >= 11 is 0. The zero-order valence-electron chi connectivity index (χ0n) is 34.4. The molecule has 0 saturated heterocycles. The molecule has 0 aliphatic carbocycles. The summed E-state index contributed by atoms with van der Waals surface area (Å²) < 4.78 is 8.84. The molecule has 0 aliphatic rings. The van der Waals surface area contributed by atoms with Gasteiger partial charge < -0.3 is 8.98 Å². The van der Waals surface area contributed by atoms with Gasteiger partial charge in [-0.2, -0.15) is 0 Å². The van der Waals surface area contributed by atoms with Crippen LogP contribution in [0.25, 0.3) is 128 Å². The number of benzene rings is 9. The lowest BCUT2D eigenvalue weighted by Crippen LogP contribution is -2.01. The van der Waals surface area contributed by atoms with Gasteiger partial charge >= 0.3 is 0 Å². The maximum Gasteiger partial charge on any atom is 0.167 e. The monoisotopic (exact) mass is 817 g/mol. The molecule has 0 amide bonds. The van der Waals surface area contributed by atoms with E-state index in [1.807, 2.05) is 36.4 Å². The molecule has 4 aromatic heterocycles. The molecule has 0 spiro atoms. The normalized spacial score (nSPS) is 11.8. The van der Waals surface area contributed by atoms with Gasteiger partial charge in [-0.25, -0.2) is 15.0 Å². The Hall–Kier alpha value is -8.74. The summed E-state index contributed by atoms with van der Waals surface area (Å²) in [6, 6.07) is 72.5. The fourth-order valence-corrected chi connectivity index (χ4v) is 9.39. The lowest BCUT2D eigenvalue weighted by Gasteiger charge is -2.12. The van der Waals surface area contributed by atoms with Crippen LogP contribution < -0.4 is 0 Å². The summed E-state index contributed by atoms with van der Waals surface area (Å²) in [5, 5.41) is 8.21. The Labute approximate surface area is 367 Å². The van der Waals surface area contributed by atoms with Crippen molar-refractivity contribution >= 4 is 65.4 Å². The molecule has 0 bridgehead atoms. The van der Waals surface area contributed by atoms with Crippen molar-refractivity contribution in [3.05, 3.63) is 212 Å². The molecule has 9 aromatic carbocycles. The van der Waals surface area contributed by atoms with Crippen LogP contribution in [0, 0.1) is 0 Å². The van der Waals surface area contributed by atoms with Crippen LogP contribution in [0.1, 0.15) is 0 Å². The second kappa shape index (κ2) is 14.4. The number of nitrogens with zero attached hydrogens (tertiary/aromatic N) is 5. The van der Waals surface area contributed by atoms with Gasteiger partial charge in [-0.05, 0) is 104 Å². The van der Waals surface area contributed by atoms with Gasteiger partial charge in [-0.3, -0.25) is 4.98 Å². The van der Waals surface area contributed by atoms with Crippen molar-refractivity contribution in [2.24, 2.45) is 0 Å². The average molecular weight is 818 g/mol. The van der Waals surface area contributed by atoms with Crippen LogP contribution >= 0.6 is 0 Å². The third kappa shape index (κ3) is 5.88. The standard InChI is InChI=1S/C58H35N5O/c1-2-11-36(12-3-1)38-22-25-40(26-23-38)56-60-57(62-58(61-56)48-20-9-19-47-54-52(64-55(47)48)21-10-32-59-54)44-16-8-17-45(34-44)63-50-30-29-43(42-27-24-37-13-4-5-15-41(37)33-42)35-49(50)53-46-18-7-6-14-39(46)28-31-51(53)63/h1-35H. The number of rotatable bonds is 6. The highest BCUT2D eigenvalue weighted by Gasteiger charge is 2.20. The minimum Gasteiger partial charge on any atom is -0.454 e. The quantitative estimate of drug-likeness (QED) is 0.167. The number of fused-ring (bicyclic) bond motifs is 9. The number of aromatic nitrogens is 5. The second-order valence-electron chi connectivity index (χ2n) is 16.2. The zero-order valence-corrected chi connectivity index (χ0v) is 34.4. The molecule has 0 saturated carbocycles. The highest BCUT2D eigenvalue weighted by atomic mass is 16.3. The van der Waals surface area contributed by atoms with E-state index in [1.165, 1.54) is 43.4 Å². The first-order chi connectivity index (χ1) is 31.7. The van der Waals surface area contributed by atoms with Gasteiger partial charge in [0, 0.05) is 39.2 Å². The molecule has 0 fully saturated rings. The van der Waals surface area contributed by atoms with Gasteiger partial charge in [0.05, 0.1) is 16.6 Å². The molecule has 298 valence electrons. The van der Waals surface area contributed by atoms with Crippen molar-refractivity contribution in [2.45, 2.75) is 0 Å². The molecule has 6 nitrogen and oxygen atoms in total. The Morgan fingerprint density at radius 1 is 0.375 bits per heavy atom. The topological polar surface area (TPSA) is 69.6 Å². The molecule has 64 heavy (non-hydrogen) atoms. The average Bonchev–Trinajstić information content (AvgIpc) is 3.92. The predicted octanol–water partition coefficient (Wildman–Crippen LogP) is 14.9. The molecule has 0 N–H and O–H groups in total. The van der Waals surface area contributed by atoms with Crippen LogP contribution in [0.4, 0.5) is 0 Å². The SMILES string of the molecule is c1ccc(-c2ccc(-c3nc(-c4cccc(-n5c6ccc(-c7ccc8ccccc8c7)cc6c6c7ccccc7ccc65)c4)nc(-c4cccc5c4oc4cccnc45)n3)cc2)cc1. The first-order valence-electron chi connectivity index (χ1n) is 21.4. The second-order valence-corrected chi connectivity index (χ2v) is 16.2. The van der Waals surface area contributed by atoms with Crippen molar-refractivity contribution < 1.29 is 4.42 Å². The van der Waals surface area contributed by atoms with Crippen molar-refractivity contribution in [3.63, 3.8) is 0 Å². The van der Waals surface area contributed by atoms with E-state index < -0.39 is 0 Å². The van der Waals surface area contributed by atoms with Crippen LogP contribution in [0.5, 0.6) is 0 Å². The van der Waals surface area contributed by atoms with Gasteiger partial charge in [-0.1, -0.05) is 146 Å². The van der Waals surface area contributed by atoms with Crippen LogP contribution in [0.3, 0.4) is 0 Å². The summed E-state index contributed by atoms with van der Waals surface area (Å²) in [5.74, 6) is 1.65. The van der Waals surface area contributed by atoms with Crippen molar-refractivity contribution in [2.75, 3.05) is 0 Å². The van der Waals surface area contributed by atoms with Gasteiger partial charge in [0.2, 0.25) is 0 Å². The largest absolute Gasteiger partial charge is 0.454 e. The van der Waals surface area contributed by atoms with E-state index in [-0.39, 0.29) is 0 Å². The minimum absolute atomic E-state index is 0.520. The Kier molecular flexibility index (Phi) is 8.11. The molecule has 0 unspecified atom stereocenters. The Bertz CT molecular complexity index is 3960. The van der Waals surface area contributed by atoms with E-state index >= 15 is 0 Å². The van der Waals surface area contributed by atoms with Gasteiger partial charge in [0.1, 0.15) is 11.1 Å². The summed E-state index contributed by atoms with van der Waals surface area (Å²) in [4.78, 5) is 20.2. The maximum absolute atomic E-state index is 6.46. The molecule has 0 aliphatic heterocycles. The lowest BCUT2D eigenvalue weighted by atomic mass is 9.98. The van der Waals surface area contributed by atoms with Crippen molar-refractivity contribution in [1.29, 1.82) is 0 Å². The zero-order chi connectivity index (χ0) is 42.1. The summed E-state index contributed by atoms with van der Waals surface area (Å²) in [7, 11) is 0. The molecule has 0 radical (unpaired) electrons. The van der Waals surface area contributed by atoms with E-state index in [2.05, 4.69) is 179 Å². The molecular formula is C58H35N5O. The molecule has 6 heteroatoms. The Morgan fingerprint density at radius 3 is 1.91 bits per heavy atom. The Balaban J connectivity index is 0.998. The molecular weight excluding hydrogens is 783 g/mol. The van der Waals surface area contributed by atoms with Crippen molar-refractivity contribution in [3.8, 4) is 62.1 Å². The van der Waals surface area contributed by atoms with E-state index in [0.717, 1.165) is 55.4 Å². The summed E-state index contributed by atoms with van der Waals surface area (Å²) in [6.45, 7) is 0. The predicted molar refractivity (Wildman–Crippen MR) is 261 cm³/mol. The maximum atomic E-state index is 6.46. The van der Waals surface area contributed by atoms with E-state index in [9.17, 15) is 0 Å². The smallest absolute Gasteiger partial charge is 0.167 e. The third-order valence-electron chi connectivity index (χ3n) is 12.5. The highest BCUT2D eigenvalue weighted by Crippen LogP contribution is 2.40. The van der Waals surface area contributed by atoms with Crippen LogP contribution in [0.2, 0.25) is 0 Å². The van der Waals surface area contributed by atoms with Gasteiger partial charge in [-0.15, -0.1) is 0 Å². The minimum atomic E-state index is 0.520. The van der Waals surface area contributed by atoms with Crippen molar-refractivity contribution in [1.82, 2.24) is 24.5 Å². The fourth-order valence-electron chi connectivity index (χ4n) is 9.39. The molecule has 0 atom stereocenters. The summed E-state index contributed by atoms with van der Waals surface area (Å²) in [5.41, 5.74) is 12.6. The third-order valence-corrected chi connectivity index (χ3v) is 12.5. The molecule has 4 heterocycles. The Morgan fingerprint density at radius 2 is 1.02 bits per heavy atom. The van der Waals surface area contributed by atoms with Crippen LogP contribution in [-0.2, 0) is 0 Å². The van der Waals surface area contributed by atoms with Crippen LogP contribution in [0.15, 0.2) is 217 Å². The lowest BCUT2D eigenvalue weighted by molar-refractivity contribution is 0.668. The number of furan rings is 1. The van der Waals surface area contributed by atoms with E-state index in [4.69, 9.17) is 19.4 Å².